The van der Waals surface area contributed by atoms with E-state index in [-0.39, 0.29) is 18.1 Å². The summed E-state index contributed by atoms with van der Waals surface area (Å²) in [7, 11) is 0. The van der Waals surface area contributed by atoms with Crippen molar-refractivity contribution in [1.82, 2.24) is 10.6 Å². The highest BCUT2D eigenvalue weighted by atomic mass is 16.5. The van der Waals surface area contributed by atoms with E-state index in [0.29, 0.717) is 17.2 Å². The average Bonchev–Trinajstić information content (AvgIpc) is 3.07. The summed E-state index contributed by atoms with van der Waals surface area (Å²) in [6.45, 7) is 9.97. The minimum Gasteiger partial charge on any atom is -0.459 e. The molecule has 1 aromatic rings. The molecule has 28 heavy (non-hydrogen) atoms. The summed E-state index contributed by atoms with van der Waals surface area (Å²) < 4.78 is 5.82. The number of hydrogen-bond acceptors (Lipinski definition) is 4. The number of benzene rings is 1. The zero-order valence-corrected chi connectivity index (χ0v) is 17.2. The summed E-state index contributed by atoms with van der Waals surface area (Å²) in [6, 6.07) is 7.21. The summed E-state index contributed by atoms with van der Waals surface area (Å²) in [5.41, 5.74) is 3.03. The number of urea groups is 1. The molecule has 152 valence electrons. The van der Waals surface area contributed by atoms with Crippen LogP contribution in [0.15, 0.2) is 35.5 Å². The molecule has 2 aliphatic rings. The lowest BCUT2D eigenvalue weighted by Gasteiger charge is -2.30. The van der Waals surface area contributed by atoms with Gasteiger partial charge in [-0.15, -0.1) is 0 Å². The lowest BCUT2D eigenvalue weighted by atomic mass is 9.95. The van der Waals surface area contributed by atoms with Gasteiger partial charge in [0.1, 0.15) is 6.10 Å². The van der Waals surface area contributed by atoms with Crippen molar-refractivity contribution in [1.29, 1.82) is 0 Å². The fourth-order valence-electron chi connectivity index (χ4n) is 4.17. The van der Waals surface area contributed by atoms with Crippen LogP contribution in [-0.4, -0.2) is 31.2 Å². The Labute approximate surface area is 167 Å². The Hall–Kier alpha value is -2.50. The first-order chi connectivity index (χ1) is 13.4. The number of rotatable bonds is 6. The Balaban J connectivity index is 1.85. The first kappa shape index (κ1) is 20.2. The van der Waals surface area contributed by atoms with Crippen molar-refractivity contribution in [3.63, 3.8) is 0 Å². The van der Waals surface area contributed by atoms with E-state index < -0.39 is 6.04 Å². The molecular formula is C22H31N3O3. The van der Waals surface area contributed by atoms with Gasteiger partial charge in [0.25, 0.3) is 0 Å². The van der Waals surface area contributed by atoms with Crippen LogP contribution in [0.2, 0.25) is 0 Å². The number of nitrogens with zero attached hydrogens (tertiary/aromatic N) is 1. The fourth-order valence-corrected chi connectivity index (χ4v) is 4.17. The van der Waals surface area contributed by atoms with Crippen molar-refractivity contribution in [3.8, 4) is 0 Å². The Kier molecular flexibility index (Phi) is 6.27. The maximum atomic E-state index is 13.0. The Bertz CT molecular complexity index is 753. The van der Waals surface area contributed by atoms with E-state index in [1.165, 1.54) is 0 Å². The summed E-state index contributed by atoms with van der Waals surface area (Å²) in [4.78, 5) is 27.3. The van der Waals surface area contributed by atoms with Crippen molar-refractivity contribution in [2.75, 3.05) is 18.0 Å². The Morgan fingerprint density at radius 2 is 1.86 bits per heavy atom. The molecule has 0 spiro atoms. The molecule has 1 fully saturated rings. The normalized spacial score (nSPS) is 24.6. The summed E-state index contributed by atoms with van der Waals surface area (Å²) in [5.74, 6) is 0.0318. The van der Waals surface area contributed by atoms with Crippen LogP contribution in [0.4, 0.5) is 10.5 Å². The lowest BCUT2D eigenvalue weighted by Crippen LogP contribution is -2.45. The molecule has 6 heteroatoms. The summed E-state index contributed by atoms with van der Waals surface area (Å²) >= 11 is 0. The topological polar surface area (TPSA) is 70.7 Å². The molecule has 3 rings (SSSR count). The van der Waals surface area contributed by atoms with Gasteiger partial charge in [-0.3, -0.25) is 0 Å². The number of hydrogen-bond donors (Lipinski definition) is 2. The van der Waals surface area contributed by atoms with Crippen molar-refractivity contribution >= 4 is 17.7 Å². The van der Waals surface area contributed by atoms with Gasteiger partial charge in [0, 0.05) is 24.5 Å². The molecule has 1 aliphatic heterocycles. The highest BCUT2D eigenvalue weighted by molar-refractivity contribution is 5.95. The third-order valence-corrected chi connectivity index (χ3v) is 5.89. The molecule has 3 atom stereocenters. The van der Waals surface area contributed by atoms with Gasteiger partial charge >= 0.3 is 12.0 Å². The number of esters is 1. The van der Waals surface area contributed by atoms with Crippen LogP contribution in [0.1, 0.15) is 58.6 Å². The van der Waals surface area contributed by atoms with Crippen LogP contribution in [0, 0.1) is 5.92 Å². The van der Waals surface area contributed by atoms with Crippen molar-refractivity contribution in [2.24, 2.45) is 5.92 Å². The van der Waals surface area contributed by atoms with E-state index in [9.17, 15) is 9.59 Å². The van der Waals surface area contributed by atoms with Gasteiger partial charge < -0.3 is 20.3 Å². The third kappa shape index (κ3) is 4.16. The molecule has 6 nitrogen and oxygen atoms in total. The van der Waals surface area contributed by atoms with Crippen LogP contribution < -0.4 is 15.5 Å². The van der Waals surface area contributed by atoms with Gasteiger partial charge in [0.15, 0.2) is 0 Å². The minimum absolute atomic E-state index is 0.0453. The molecule has 1 aromatic carbocycles. The number of ether oxygens (including phenoxy) is 1. The molecule has 2 N–H and O–H groups in total. The van der Waals surface area contributed by atoms with Crippen molar-refractivity contribution < 1.29 is 14.3 Å². The number of anilines is 1. The average molecular weight is 386 g/mol. The number of carbonyl (C=O) groups is 2. The predicted molar refractivity (Wildman–Crippen MR) is 110 cm³/mol. The SMILES string of the molecule is CCN(CC)c1ccc([C@H]2NC(=O)NC(C)=C2C(=O)O[C@H]2CCC[C@@H]2C)cc1. The lowest BCUT2D eigenvalue weighted by molar-refractivity contribution is -0.146. The summed E-state index contributed by atoms with van der Waals surface area (Å²) in [5, 5.41) is 5.60. The second-order valence-corrected chi connectivity index (χ2v) is 7.69. The molecule has 1 aliphatic carbocycles. The van der Waals surface area contributed by atoms with Gasteiger partial charge in [-0.2, -0.15) is 0 Å². The molecule has 0 aromatic heterocycles. The smallest absolute Gasteiger partial charge is 0.338 e. The van der Waals surface area contributed by atoms with E-state index in [1.807, 2.05) is 24.3 Å². The third-order valence-electron chi connectivity index (χ3n) is 5.89. The number of carbonyl (C=O) groups excluding carboxylic acids is 2. The molecule has 2 amide bonds. The molecule has 0 radical (unpaired) electrons. The molecule has 0 saturated heterocycles. The van der Waals surface area contributed by atoms with Gasteiger partial charge in [0.2, 0.25) is 0 Å². The quantitative estimate of drug-likeness (QED) is 0.729. The second-order valence-electron chi connectivity index (χ2n) is 7.69. The molecule has 1 heterocycles. The number of allylic oxidation sites excluding steroid dienone is 1. The largest absolute Gasteiger partial charge is 0.459 e. The van der Waals surface area contributed by atoms with Gasteiger partial charge in [0.05, 0.1) is 11.6 Å². The van der Waals surface area contributed by atoms with Gasteiger partial charge in [-0.1, -0.05) is 19.1 Å². The van der Waals surface area contributed by atoms with E-state index >= 15 is 0 Å². The van der Waals surface area contributed by atoms with E-state index in [1.54, 1.807) is 6.92 Å². The Morgan fingerprint density at radius 1 is 1.18 bits per heavy atom. The van der Waals surface area contributed by atoms with E-state index in [2.05, 4.69) is 36.3 Å². The molecule has 0 bridgehead atoms. The summed E-state index contributed by atoms with van der Waals surface area (Å²) in [6.07, 6.45) is 3.03. The first-order valence-electron chi connectivity index (χ1n) is 10.3. The first-order valence-corrected chi connectivity index (χ1v) is 10.3. The van der Waals surface area contributed by atoms with Crippen LogP contribution in [0.5, 0.6) is 0 Å². The van der Waals surface area contributed by atoms with Crippen LogP contribution >= 0.6 is 0 Å². The van der Waals surface area contributed by atoms with Crippen LogP contribution in [0.25, 0.3) is 0 Å². The maximum absolute atomic E-state index is 13.0. The standard InChI is InChI=1S/C22H31N3O3/c1-5-25(6-2)17-12-10-16(11-13-17)20-19(15(4)23-22(27)24-20)21(26)28-18-9-7-8-14(18)3/h10-14,18,20H,5-9H2,1-4H3,(H2,23,24,27)/t14-,18-,20+/m0/s1. The van der Waals surface area contributed by atoms with Crippen molar-refractivity contribution in [3.05, 3.63) is 41.1 Å². The second kappa shape index (κ2) is 8.67. The number of amides is 2. The monoisotopic (exact) mass is 385 g/mol. The highest BCUT2D eigenvalue weighted by Crippen LogP contribution is 2.32. The van der Waals surface area contributed by atoms with Crippen molar-refractivity contribution in [2.45, 2.75) is 59.1 Å². The van der Waals surface area contributed by atoms with Crippen LogP contribution in [-0.2, 0) is 9.53 Å². The van der Waals surface area contributed by atoms with E-state index in [4.69, 9.17) is 4.74 Å². The van der Waals surface area contributed by atoms with Gasteiger partial charge in [-0.25, -0.2) is 9.59 Å². The molecule has 0 unspecified atom stereocenters. The van der Waals surface area contributed by atoms with Crippen LogP contribution in [0.3, 0.4) is 0 Å². The van der Waals surface area contributed by atoms with E-state index in [0.717, 1.165) is 43.6 Å². The molecule has 1 saturated carbocycles. The number of nitrogens with one attached hydrogen (secondary N) is 2. The predicted octanol–water partition coefficient (Wildman–Crippen LogP) is 3.89. The Morgan fingerprint density at radius 3 is 2.43 bits per heavy atom. The minimum atomic E-state index is -0.510. The highest BCUT2D eigenvalue weighted by Gasteiger charge is 2.35. The fraction of sp³-hybridized carbons (Fsp3) is 0.545. The maximum Gasteiger partial charge on any atom is 0.338 e. The zero-order chi connectivity index (χ0) is 20.3. The zero-order valence-electron chi connectivity index (χ0n) is 17.2. The molecular weight excluding hydrogens is 354 g/mol. The van der Waals surface area contributed by atoms with Gasteiger partial charge in [-0.05, 0) is 63.6 Å².